The number of aliphatic hydroxyl groups is 1. The fourth-order valence-electron chi connectivity index (χ4n) is 3.54. The van der Waals surface area contributed by atoms with Crippen LogP contribution in [-0.4, -0.2) is 72.7 Å². The van der Waals surface area contributed by atoms with Gasteiger partial charge in [0.05, 0.1) is 5.02 Å². The lowest BCUT2D eigenvalue weighted by molar-refractivity contribution is 0.0457. The van der Waals surface area contributed by atoms with Gasteiger partial charge in [0.1, 0.15) is 24.3 Å². The summed E-state index contributed by atoms with van der Waals surface area (Å²) in [5.41, 5.74) is 0.564. The molecule has 5 nitrogen and oxygen atoms in total. The molecular formula is C23H28ClFN2O3. The molecule has 1 atom stereocenters. The number of piperazine rings is 1. The summed E-state index contributed by atoms with van der Waals surface area (Å²) in [4.78, 5) is 16.7. The van der Waals surface area contributed by atoms with Crippen LogP contribution in [0.5, 0.6) is 5.75 Å². The number of β-amino-alcohol motifs (C(OH)–C–C–N with tert-alkyl or cyclic N) is 1. The summed E-state index contributed by atoms with van der Waals surface area (Å²) in [5.74, 6) is 0.304. The van der Waals surface area contributed by atoms with E-state index in [9.17, 15) is 14.3 Å². The van der Waals surface area contributed by atoms with Gasteiger partial charge in [-0.3, -0.25) is 9.69 Å². The van der Waals surface area contributed by atoms with Gasteiger partial charge in [0, 0.05) is 44.7 Å². The first kappa shape index (κ1) is 22.7. The molecule has 0 aromatic heterocycles. The zero-order valence-electron chi connectivity index (χ0n) is 17.0. The average Bonchev–Trinajstić information content (AvgIpc) is 2.75. The average molecular weight is 435 g/mol. The summed E-state index contributed by atoms with van der Waals surface area (Å²) < 4.78 is 18.6. The topological polar surface area (TPSA) is 53.0 Å². The zero-order valence-corrected chi connectivity index (χ0v) is 17.7. The van der Waals surface area contributed by atoms with Crippen LogP contribution >= 0.6 is 11.6 Å². The largest absolute Gasteiger partial charge is 0.489 e. The molecule has 3 rings (SSSR count). The molecule has 162 valence electrons. The number of rotatable bonds is 10. The molecule has 2 aromatic carbocycles. The molecule has 7 heteroatoms. The number of Topliss-reactive ketones (excluding diaryl/α,β-unsaturated/α-hetero) is 1. The third-order valence-corrected chi connectivity index (χ3v) is 5.56. The van der Waals surface area contributed by atoms with E-state index in [1.807, 2.05) is 12.1 Å². The van der Waals surface area contributed by atoms with Crippen LogP contribution in [0.1, 0.15) is 23.2 Å². The molecule has 1 unspecified atom stereocenters. The highest BCUT2D eigenvalue weighted by molar-refractivity contribution is 6.32. The van der Waals surface area contributed by atoms with Crippen LogP contribution in [0, 0.1) is 5.82 Å². The number of ether oxygens (including phenoxy) is 1. The van der Waals surface area contributed by atoms with Gasteiger partial charge < -0.3 is 14.7 Å². The molecule has 30 heavy (non-hydrogen) atoms. The van der Waals surface area contributed by atoms with Gasteiger partial charge in [0.25, 0.3) is 0 Å². The Morgan fingerprint density at radius 2 is 1.73 bits per heavy atom. The van der Waals surface area contributed by atoms with E-state index in [4.69, 9.17) is 16.3 Å². The van der Waals surface area contributed by atoms with Crippen molar-refractivity contribution in [1.82, 2.24) is 9.80 Å². The van der Waals surface area contributed by atoms with Crippen LogP contribution in [0.25, 0.3) is 0 Å². The second-order valence-electron chi connectivity index (χ2n) is 7.57. The third-order valence-electron chi connectivity index (χ3n) is 5.25. The van der Waals surface area contributed by atoms with Crippen molar-refractivity contribution in [1.29, 1.82) is 0 Å². The first-order chi connectivity index (χ1) is 14.5. The van der Waals surface area contributed by atoms with E-state index in [0.717, 1.165) is 39.1 Å². The molecule has 1 N–H and O–H groups in total. The quantitative estimate of drug-likeness (QED) is 0.580. The molecule has 0 radical (unpaired) electrons. The molecule has 1 saturated heterocycles. The molecule has 0 bridgehead atoms. The second kappa shape index (κ2) is 11.4. The van der Waals surface area contributed by atoms with Crippen LogP contribution in [-0.2, 0) is 0 Å². The summed E-state index contributed by atoms with van der Waals surface area (Å²) in [6.45, 7) is 5.17. The van der Waals surface area contributed by atoms with Crippen molar-refractivity contribution >= 4 is 17.4 Å². The van der Waals surface area contributed by atoms with E-state index in [1.165, 1.54) is 24.3 Å². The summed E-state index contributed by atoms with van der Waals surface area (Å²) >= 11 is 6.06. The van der Waals surface area contributed by atoms with Crippen molar-refractivity contribution in [2.45, 2.75) is 18.9 Å². The standard InChI is InChI=1S/C23H28ClFN2O3/c24-21-4-1-2-6-23(21)30-17-20(28)16-27-14-12-26(13-15-27)11-3-5-22(29)18-7-9-19(25)10-8-18/h1-2,4,6-10,20,28H,3,5,11-17H2. The smallest absolute Gasteiger partial charge is 0.162 e. The third kappa shape index (κ3) is 7.06. The Balaban J connectivity index is 1.30. The summed E-state index contributed by atoms with van der Waals surface area (Å²) in [6.07, 6.45) is 0.662. The number of carbonyl (C=O) groups excluding carboxylic acids is 1. The Hall–Kier alpha value is -1.99. The summed E-state index contributed by atoms with van der Waals surface area (Å²) in [7, 11) is 0. The molecule has 0 aliphatic carbocycles. The lowest BCUT2D eigenvalue weighted by atomic mass is 10.1. The number of hydrogen-bond acceptors (Lipinski definition) is 5. The molecular weight excluding hydrogens is 407 g/mol. The molecule has 0 spiro atoms. The fraction of sp³-hybridized carbons (Fsp3) is 0.435. The first-order valence-electron chi connectivity index (χ1n) is 10.3. The van der Waals surface area contributed by atoms with Gasteiger partial charge in [0.2, 0.25) is 0 Å². The normalized spacial score (nSPS) is 16.4. The Bertz CT molecular complexity index is 810. The number of ketones is 1. The highest BCUT2D eigenvalue weighted by atomic mass is 35.5. The first-order valence-corrected chi connectivity index (χ1v) is 10.7. The van der Waals surface area contributed by atoms with E-state index in [-0.39, 0.29) is 18.2 Å². The van der Waals surface area contributed by atoms with Gasteiger partial charge in [-0.15, -0.1) is 0 Å². The number of aliphatic hydroxyl groups excluding tert-OH is 1. The van der Waals surface area contributed by atoms with E-state index < -0.39 is 6.10 Å². The summed E-state index contributed by atoms with van der Waals surface area (Å²) in [6, 6.07) is 12.9. The number of hydrogen-bond donors (Lipinski definition) is 1. The van der Waals surface area contributed by atoms with E-state index in [2.05, 4.69) is 9.80 Å². The van der Waals surface area contributed by atoms with Gasteiger partial charge >= 0.3 is 0 Å². The molecule has 1 aliphatic rings. The molecule has 1 fully saturated rings. The van der Waals surface area contributed by atoms with E-state index in [0.29, 0.717) is 29.3 Å². The number of para-hydroxylation sites is 1. The summed E-state index contributed by atoms with van der Waals surface area (Å²) in [5, 5.41) is 10.8. The van der Waals surface area contributed by atoms with Crippen molar-refractivity contribution in [2.24, 2.45) is 0 Å². The zero-order chi connectivity index (χ0) is 21.3. The lowest BCUT2D eigenvalue weighted by Crippen LogP contribution is -2.49. The molecule has 1 aliphatic heterocycles. The van der Waals surface area contributed by atoms with Gasteiger partial charge in [-0.05, 0) is 49.4 Å². The minimum Gasteiger partial charge on any atom is -0.489 e. The SMILES string of the molecule is O=C(CCCN1CCN(CC(O)COc2ccccc2Cl)CC1)c1ccc(F)cc1. The number of nitrogens with zero attached hydrogens (tertiary/aromatic N) is 2. The predicted octanol–water partition coefficient (Wildman–Crippen LogP) is 3.50. The fourth-order valence-corrected chi connectivity index (χ4v) is 3.73. The predicted molar refractivity (Wildman–Crippen MR) is 116 cm³/mol. The minimum absolute atomic E-state index is 0.0512. The van der Waals surface area contributed by atoms with Crippen molar-refractivity contribution in [3.05, 3.63) is 64.9 Å². The Kier molecular flexibility index (Phi) is 8.63. The van der Waals surface area contributed by atoms with Gasteiger partial charge in [-0.25, -0.2) is 4.39 Å². The Labute approximate surface area is 182 Å². The lowest BCUT2D eigenvalue weighted by Gasteiger charge is -2.35. The molecule has 0 saturated carbocycles. The van der Waals surface area contributed by atoms with Crippen molar-refractivity contribution < 1.29 is 19.0 Å². The maximum atomic E-state index is 12.9. The van der Waals surface area contributed by atoms with Gasteiger partial charge in [0.15, 0.2) is 5.78 Å². The van der Waals surface area contributed by atoms with Crippen molar-refractivity contribution in [3.63, 3.8) is 0 Å². The van der Waals surface area contributed by atoms with Crippen LogP contribution in [0.4, 0.5) is 4.39 Å². The maximum Gasteiger partial charge on any atom is 0.162 e. The van der Waals surface area contributed by atoms with Gasteiger partial charge in [-0.1, -0.05) is 23.7 Å². The van der Waals surface area contributed by atoms with Gasteiger partial charge in [-0.2, -0.15) is 0 Å². The van der Waals surface area contributed by atoms with Crippen molar-refractivity contribution in [3.8, 4) is 5.75 Å². The van der Waals surface area contributed by atoms with E-state index >= 15 is 0 Å². The highest BCUT2D eigenvalue weighted by Gasteiger charge is 2.20. The molecule has 2 aromatic rings. The van der Waals surface area contributed by atoms with Crippen LogP contribution < -0.4 is 4.74 Å². The second-order valence-corrected chi connectivity index (χ2v) is 7.98. The maximum absolute atomic E-state index is 12.9. The number of halogens is 2. The minimum atomic E-state index is -0.582. The van der Waals surface area contributed by atoms with Crippen LogP contribution in [0.15, 0.2) is 48.5 Å². The monoisotopic (exact) mass is 434 g/mol. The highest BCUT2D eigenvalue weighted by Crippen LogP contribution is 2.23. The number of benzene rings is 2. The van der Waals surface area contributed by atoms with E-state index in [1.54, 1.807) is 12.1 Å². The van der Waals surface area contributed by atoms with Crippen LogP contribution in [0.2, 0.25) is 5.02 Å². The molecule has 1 heterocycles. The van der Waals surface area contributed by atoms with Crippen LogP contribution in [0.3, 0.4) is 0 Å². The molecule has 0 amide bonds. The Morgan fingerprint density at radius 3 is 2.43 bits per heavy atom. The number of carbonyl (C=O) groups is 1. The van der Waals surface area contributed by atoms with Crippen molar-refractivity contribution in [2.75, 3.05) is 45.9 Å². The Morgan fingerprint density at radius 1 is 1.07 bits per heavy atom.